The average molecular weight is 364 g/mol. The Morgan fingerprint density at radius 1 is 1.32 bits per heavy atom. The molecule has 6 heteroatoms. The molecule has 0 saturated heterocycles. The largest absolute Gasteiger partial charge is 0.330 e. The van der Waals surface area contributed by atoms with Gasteiger partial charge in [0.1, 0.15) is 6.20 Å². The van der Waals surface area contributed by atoms with E-state index in [1.807, 2.05) is 18.2 Å². The summed E-state index contributed by atoms with van der Waals surface area (Å²) in [6, 6.07) is 5.72. The number of hydrogen-bond donors (Lipinski definition) is 1. The van der Waals surface area contributed by atoms with Gasteiger partial charge in [-0.05, 0) is 25.0 Å². The van der Waals surface area contributed by atoms with E-state index in [9.17, 15) is 10.1 Å². The molecule has 1 aromatic heterocycles. The SMILES string of the molecule is NCC1(c2c([N+](=O)[O-])cnc3cc(Br)ccc23)CCCCC1. The monoisotopic (exact) mass is 363 g/mol. The zero-order valence-electron chi connectivity index (χ0n) is 12.2. The summed E-state index contributed by atoms with van der Waals surface area (Å²) in [4.78, 5) is 15.5. The highest BCUT2D eigenvalue weighted by molar-refractivity contribution is 9.10. The lowest BCUT2D eigenvalue weighted by atomic mass is 9.68. The predicted molar refractivity (Wildman–Crippen MR) is 89.9 cm³/mol. The van der Waals surface area contributed by atoms with E-state index < -0.39 is 0 Å². The molecule has 1 aromatic carbocycles. The first-order valence-corrected chi connectivity index (χ1v) is 8.30. The highest BCUT2D eigenvalue weighted by atomic mass is 79.9. The van der Waals surface area contributed by atoms with Gasteiger partial charge in [-0.1, -0.05) is 41.3 Å². The molecule has 0 bridgehead atoms. The Bertz CT molecular complexity index is 727. The molecule has 0 atom stereocenters. The second-order valence-corrected chi connectivity index (χ2v) is 6.90. The van der Waals surface area contributed by atoms with E-state index in [2.05, 4.69) is 20.9 Å². The van der Waals surface area contributed by atoms with Crippen LogP contribution in [0.25, 0.3) is 10.9 Å². The number of nitrogens with two attached hydrogens (primary N) is 1. The molecule has 1 aliphatic rings. The van der Waals surface area contributed by atoms with Gasteiger partial charge in [-0.25, -0.2) is 4.98 Å². The summed E-state index contributed by atoms with van der Waals surface area (Å²) in [5.41, 5.74) is 7.44. The molecule has 1 heterocycles. The van der Waals surface area contributed by atoms with Gasteiger partial charge >= 0.3 is 0 Å². The number of fused-ring (bicyclic) bond motifs is 1. The first-order chi connectivity index (χ1) is 10.6. The van der Waals surface area contributed by atoms with Crippen molar-refractivity contribution in [2.45, 2.75) is 37.5 Å². The van der Waals surface area contributed by atoms with E-state index >= 15 is 0 Å². The molecule has 22 heavy (non-hydrogen) atoms. The molecule has 5 nitrogen and oxygen atoms in total. The highest BCUT2D eigenvalue weighted by Crippen LogP contribution is 2.45. The number of halogens is 1. The van der Waals surface area contributed by atoms with E-state index in [4.69, 9.17) is 5.73 Å². The number of pyridine rings is 1. The molecular formula is C16H18BrN3O2. The minimum Gasteiger partial charge on any atom is -0.330 e. The van der Waals surface area contributed by atoms with E-state index in [1.165, 1.54) is 12.6 Å². The van der Waals surface area contributed by atoms with Gasteiger partial charge in [-0.3, -0.25) is 10.1 Å². The van der Waals surface area contributed by atoms with E-state index in [1.54, 1.807) is 0 Å². The van der Waals surface area contributed by atoms with Crippen molar-refractivity contribution in [3.8, 4) is 0 Å². The second-order valence-electron chi connectivity index (χ2n) is 5.98. The highest BCUT2D eigenvalue weighted by Gasteiger charge is 2.39. The number of rotatable bonds is 3. The number of aromatic nitrogens is 1. The lowest BCUT2D eigenvalue weighted by Crippen LogP contribution is -2.38. The third kappa shape index (κ3) is 2.50. The lowest BCUT2D eigenvalue weighted by molar-refractivity contribution is -0.386. The van der Waals surface area contributed by atoms with Crippen LogP contribution in [0.1, 0.15) is 37.7 Å². The molecule has 2 aromatic rings. The summed E-state index contributed by atoms with van der Waals surface area (Å²) < 4.78 is 0.915. The lowest BCUT2D eigenvalue weighted by Gasteiger charge is -2.36. The van der Waals surface area contributed by atoms with Crippen LogP contribution in [0, 0.1) is 10.1 Å². The van der Waals surface area contributed by atoms with Crippen LogP contribution in [0.2, 0.25) is 0 Å². The maximum atomic E-state index is 11.5. The van der Waals surface area contributed by atoms with Crippen LogP contribution in [-0.4, -0.2) is 16.5 Å². The zero-order valence-corrected chi connectivity index (χ0v) is 13.8. The summed E-state index contributed by atoms with van der Waals surface area (Å²) in [7, 11) is 0. The van der Waals surface area contributed by atoms with Crippen LogP contribution in [0.15, 0.2) is 28.9 Å². The third-order valence-corrected chi connectivity index (χ3v) is 5.23. The fourth-order valence-corrected chi connectivity index (χ4v) is 3.99. The van der Waals surface area contributed by atoms with Crippen molar-refractivity contribution in [3.63, 3.8) is 0 Å². The van der Waals surface area contributed by atoms with Gasteiger partial charge in [0, 0.05) is 27.4 Å². The molecule has 0 unspecified atom stereocenters. The third-order valence-electron chi connectivity index (χ3n) is 4.74. The second kappa shape index (κ2) is 5.93. The quantitative estimate of drug-likeness (QED) is 0.658. The average Bonchev–Trinajstić information content (AvgIpc) is 2.54. The van der Waals surface area contributed by atoms with Crippen molar-refractivity contribution in [2.24, 2.45) is 5.73 Å². The van der Waals surface area contributed by atoms with Crippen molar-refractivity contribution in [3.05, 3.63) is 44.5 Å². The molecule has 0 amide bonds. The van der Waals surface area contributed by atoms with Crippen molar-refractivity contribution in [1.29, 1.82) is 0 Å². The van der Waals surface area contributed by atoms with Crippen molar-refractivity contribution >= 4 is 32.5 Å². The van der Waals surface area contributed by atoms with Crippen molar-refractivity contribution in [1.82, 2.24) is 4.98 Å². The standard InChI is InChI=1S/C16H18BrN3O2/c17-11-4-5-12-13(8-11)19-9-14(20(21)22)15(12)16(10-18)6-2-1-3-7-16/h4-5,8-9H,1-3,6-7,10,18H2. The molecule has 0 aliphatic heterocycles. The number of benzene rings is 1. The fraction of sp³-hybridized carbons (Fsp3) is 0.438. The Balaban J connectivity index is 2.32. The van der Waals surface area contributed by atoms with Crippen LogP contribution >= 0.6 is 15.9 Å². The number of nitrogens with zero attached hydrogens (tertiary/aromatic N) is 2. The van der Waals surface area contributed by atoms with Gasteiger partial charge in [0.25, 0.3) is 5.69 Å². The molecule has 0 radical (unpaired) electrons. The summed E-state index contributed by atoms with van der Waals surface area (Å²) in [5.74, 6) is 0. The van der Waals surface area contributed by atoms with Crippen LogP contribution in [0.5, 0.6) is 0 Å². The molecule has 3 rings (SSSR count). The van der Waals surface area contributed by atoms with Gasteiger partial charge in [0.15, 0.2) is 0 Å². The summed E-state index contributed by atoms with van der Waals surface area (Å²) >= 11 is 3.43. The number of nitro groups is 1. The van der Waals surface area contributed by atoms with E-state index in [-0.39, 0.29) is 16.0 Å². The van der Waals surface area contributed by atoms with Crippen LogP contribution in [-0.2, 0) is 5.41 Å². The minimum absolute atomic E-state index is 0.0992. The topological polar surface area (TPSA) is 82.0 Å². The molecule has 1 aliphatic carbocycles. The normalized spacial score (nSPS) is 17.5. The Morgan fingerprint density at radius 2 is 2.05 bits per heavy atom. The molecule has 1 fully saturated rings. The van der Waals surface area contributed by atoms with Gasteiger partial charge in [0.2, 0.25) is 0 Å². The molecule has 0 spiro atoms. The molecule has 116 valence electrons. The smallest absolute Gasteiger partial charge is 0.291 e. The Morgan fingerprint density at radius 3 is 2.68 bits per heavy atom. The van der Waals surface area contributed by atoms with Crippen LogP contribution in [0.3, 0.4) is 0 Å². The predicted octanol–water partition coefficient (Wildman–Crippen LogP) is 4.07. The molecule has 2 N–H and O–H groups in total. The first-order valence-electron chi connectivity index (χ1n) is 7.51. The van der Waals surface area contributed by atoms with Gasteiger partial charge in [-0.15, -0.1) is 0 Å². The molecular weight excluding hydrogens is 346 g/mol. The zero-order chi connectivity index (χ0) is 15.7. The Kier molecular flexibility index (Phi) is 4.14. The summed E-state index contributed by atoms with van der Waals surface area (Å²) in [6.45, 7) is 0.434. The maximum absolute atomic E-state index is 11.5. The van der Waals surface area contributed by atoms with Crippen LogP contribution < -0.4 is 5.73 Å². The van der Waals surface area contributed by atoms with Crippen molar-refractivity contribution in [2.75, 3.05) is 6.54 Å². The van der Waals surface area contributed by atoms with Gasteiger partial charge in [-0.2, -0.15) is 0 Å². The van der Waals surface area contributed by atoms with E-state index in [0.29, 0.717) is 6.54 Å². The van der Waals surface area contributed by atoms with Crippen LogP contribution in [0.4, 0.5) is 5.69 Å². The molecule has 1 saturated carbocycles. The summed E-state index contributed by atoms with van der Waals surface area (Å²) in [5, 5.41) is 12.4. The Labute approximate surface area is 137 Å². The maximum Gasteiger partial charge on any atom is 0.291 e. The van der Waals surface area contributed by atoms with Gasteiger partial charge < -0.3 is 5.73 Å². The Hall–Kier alpha value is -1.53. The first kappa shape index (κ1) is 15.4. The fourth-order valence-electron chi connectivity index (χ4n) is 3.64. The van der Waals surface area contributed by atoms with Gasteiger partial charge in [0.05, 0.1) is 10.4 Å². The van der Waals surface area contributed by atoms with E-state index in [0.717, 1.165) is 46.6 Å². The summed E-state index contributed by atoms with van der Waals surface area (Å²) in [6.07, 6.45) is 6.49. The minimum atomic E-state index is -0.324. The number of hydrogen-bond acceptors (Lipinski definition) is 4. The van der Waals surface area contributed by atoms with Crippen molar-refractivity contribution < 1.29 is 4.92 Å².